The summed E-state index contributed by atoms with van der Waals surface area (Å²) in [6.45, 7) is 2.59. The Labute approximate surface area is 130 Å². The third-order valence-corrected chi connectivity index (χ3v) is 3.99. The monoisotopic (exact) mass is 306 g/mol. The number of nitrogens with one attached hydrogen (secondary N) is 1. The molecule has 0 unspecified atom stereocenters. The van der Waals surface area contributed by atoms with Crippen LogP contribution < -0.4 is 5.32 Å². The van der Waals surface area contributed by atoms with Crippen LogP contribution in [0.5, 0.6) is 0 Å². The molecule has 6 heteroatoms. The summed E-state index contributed by atoms with van der Waals surface area (Å²) in [5.74, 6) is -0.796. The molecule has 2 amide bonds. The molecule has 0 radical (unpaired) electrons. The lowest BCUT2D eigenvalue weighted by atomic mass is 10.0. The predicted octanol–water partition coefficient (Wildman–Crippen LogP) is 1.87. The highest BCUT2D eigenvalue weighted by Crippen LogP contribution is 2.27. The van der Waals surface area contributed by atoms with Gasteiger partial charge in [-0.15, -0.1) is 0 Å². The summed E-state index contributed by atoms with van der Waals surface area (Å²) in [6, 6.07) is 6.96. The lowest BCUT2D eigenvalue weighted by Crippen LogP contribution is -2.48. The SMILES string of the molecule is COC1(OC)CCN(C(=O)c2cccc(NC(C)=O)c2)CC1. The Hall–Kier alpha value is -1.92. The molecule has 1 heterocycles. The largest absolute Gasteiger partial charge is 0.353 e. The standard InChI is InChI=1S/C16H22N2O4/c1-12(19)17-14-6-4-5-13(11-14)15(20)18-9-7-16(21-2,22-3)8-10-18/h4-6,11H,7-10H2,1-3H3,(H,17,19). The topological polar surface area (TPSA) is 67.9 Å². The number of ether oxygens (including phenoxy) is 2. The van der Waals surface area contributed by atoms with E-state index in [-0.39, 0.29) is 11.8 Å². The van der Waals surface area contributed by atoms with E-state index in [1.165, 1.54) is 6.92 Å². The van der Waals surface area contributed by atoms with E-state index < -0.39 is 5.79 Å². The quantitative estimate of drug-likeness (QED) is 0.862. The second kappa shape index (κ2) is 6.89. The van der Waals surface area contributed by atoms with E-state index in [1.807, 2.05) is 0 Å². The lowest BCUT2D eigenvalue weighted by Gasteiger charge is -2.39. The Morgan fingerprint density at radius 2 is 1.82 bits per heavy atom. The number of benzene rings is 1. The van der Waals surface area contributed by atoms with Gasteiger partial charge in [0.25, 0.3) is 5.91 Å². The van der Waals surface area contributed by atoms with Gasteiger partial charge in [0.1, 0.15) is 0 Å². The van der Waals surface area contributed by atoms with Crippen molar-refractivity contribution < 1.29 is 19.1 Å². The highest BCUT2D eigenvalue weighted by Gasteiger charge is 2.36. The maximum atomic E-state index is 12.6. The first kappa shape index (κ1) is 16.5. The van der Waals surface area contributed by atoms with Crippen molar-refractivity contribution >= 4 is 17.5 Å². The van der Waals surface area contributed by atoms with Gasteiger partial charge in [0.2, 0.25) is 5.91 Å². The maximum Gasteiger partial charge on any atom is 0.253 e. The Morgan fingerprint density at radius 1 is 1.18 bits per heavy atom. The average Bonchev–Trinajstić information content (AvgIpc) is 2.54. The number of methoxy groups -OCH3 is 2. The zero-order chi connectivity index (χ0) is 16.2. The maximum absolute atomic E-state index is 12.6. The van der Waals surface area contributed by atoms with Gasteiger partial charge >= 0.3 is 0 Å². The molecule has 0 aromatic heterocycles. The number of carbonyl (C=O) groups is 2. The molecule has 0 atom stereocenters. The van der Waals surface area contributed by atoms with Crippen molar-refractivity contribution in [3.63, 3.8) is 0 Å². The molecule has 6 nitrogen and oxygen atoms in total. The molecular formula is C16H22N2O4. The Bertz CT molecular complexity index is 545. The van der Waals surface area contributed by atoms with E-state index in [0.717, 1.165) is 0 Å². The highest BCUT2D eigenvalue weighted by molar-refractivity contribution is 5.96. The number of piperidine rings is 1. The summed E-state index contributed by atoms with van der Waals surface area (Å²) >= 11 is 0. The number of rotatable bonds is 4. The van der Waals surface area contributed by atoms with Crippen LogP contribution in [0.25, 0.3) is 0 Å². The molecule has 1 N–H and O–H groups in total. The normalized spacial score (nSPS) is 17.1. The van der Waals surface area contributed by atoms with E-state index in [2.05, 4.69) is 5.32 Å². The van der Waals surface area contributed by atoms with Crippen LogP contribution >= 0.6 is 0 Å². The van der Waals surface area contributed by atoms with Gasteiger partial charge in [0.05, 0.1) is 0 Å². The summed E-state index contributed by atoms with van der Waals surface area (Å²) < 4.78 is 10.8. The fraction of sp³-hybridized carbons (Fsp3) is 0.500. The summed E-state index contributed by atoms with van der Waals surface area (Å²) in [6.07, 6.45) is 1.27. The van der Waals surface area contributed by atoms with Crippen LogP contribution in [0, 0.1) is 0 Å². The minimum absolute atomic E-state index is 0.0481. The summed E-state index contributed by atoms with van der Waals surface area (Å²) in [5, 5.41) is 2.68. The molecule has 1 fully saturated rings. The van der Waals surface area contributed by atoms with Crippen molar-refractivity contribution in [2.75, 3.05) is 32.6 Å². The van der Waals surface area contributed by atoms with E-state index in [0.29, 0.717) is 37.2 Å². The first-order chi connectivity index (χ1) is 10.5. The van der Waals surface area contributed by atoms with Gasteiger partial charge in [-0.25, -0.2) is 0 Å². The molecule has 0 saturated carbocycles. The van der Waals surface area contributed by atoms with Gasteiger partial charge in [-0.05, 0) is 18.2 Å². The molecule has 1 aromatic carbocycles. The van der Waals surface area contributed by atoms with Crippen LogP contribution in [0.2, 0.25) is 0 Å². The molecule has 1 aliphatic rings. The molecule has 1 aliphatic heterocycles. The summed E-state index contributed by atoms with van der Waals surface area (Å²) in [4.78, 5) is 25.4. The van der Waals surface area contributed by atoms with Crippen molar-refractivity contribution in [2.45, 2.75) is 25.6 Å². The molecular weight excluding hydrogens is 284 g/mol. The Kier molecular flexibility index (Phi) is 5.15. The lowest BCUT2D eigenvalue weighted by molar-refractivity contribution is -0.226. The van der Waals surface area contributed by atoms with Gasteiger partial charge in [0, 0.05) is 58.3 Å². The minimum Gasteiger partial charge on any atom is -0.353 e. The summed E-state index contributed by atoms with van der Waals surface area (Å²) in [5.41, 5.74) is 1.19. The van der Waals surface area contributed by atoms with E-state index in [4.69, 9.17) is 9.47 Å². The molecule has 1 aromatic rings. The number of hydrogen-bond acceptors (Lipinski definition) is 4. The smallest absolute Gasteiger partial charge is 0.253 e. The van der Waals surface area contributed by atoms with E-state index >= 15 is 0 Å². The zero-order valence-corrected chi connectivity index (χ0v) is 13.2. The zero-order valence-electron chi connectivity index (χ0n) is 13.2. The number of hydrogen-bond donors (Lipinski definition) is 1. The van der Waals surface area contributed by atoms with Gasteiger partial charge in [-0.3, -0.25) is 9.59 Å². The van der Waals surface area contributed by atoms with Crippen LogP contribution in [-0.2, 0) is 14.3 Å². The van der Waals surface area contributed by atoms with Crippen molar-refractivity contribution in [2.24, 2.45) is 0 Å². The number of likely N-dealkylation sites (tertiary alicyclic amines) is 1. The van der Waals surface area contributed by atoms with Crippen molar-refractivity contribution in [3.8, 4) is 0 Å². The molecule has 120 valence electrons. The molecule has 0 spiro atoms. The highest BCUT2D eigenvalue weighted by atomic mass is 16.7. The van der Waals surface area contributed by atoms with Gasteiger partial charge in [-0.2, -0.15) is 0 Å². The van der Waals surface area contributed by atoms with Crippen LogP contribution in [0.3, 0.4) is 0 Å². The average molecular weight is 306 g/mol. The minimum atomic E-state index is -0.588. The van der Waals surface area contributed by atoms with Gasteiger partial charge in [-0.1, -0.05) is 6.07 Å². The van der Waals surface area contributed by atoms with Crippen LogP contribution in [0.4, 0.5) is 5.69 Å². The van der Waals surface area contributed by atoms with Gasteiger partial charge < -0.3 is 19.7 Å². The first-order valence-corrected chi connectivity index (χ1v) is 7.27. The number of nitrogens with zero attached hydrogens (tertiary/aromatic N) is 1. The van der Waals surface area contributed by atoms with Crippen molar-refractivity contribution in [1.29, 1.82) is 0 Å². The molecule has 0 bridgehead atoms. The molecule has 0 aliphatic carbocycles. The summed E-state index contributed by atoms with van der Waals surface area (Å²) in [7, 11) is 3.25. The fourth-order valence-electron chi connectivity index (χ4n) is 2.66. The van der Waals surface area contributed by atoms with Crippen LogP contribution in [0.1, 0.15) is 30.1 Å². The van der Waals surface area contributed by atoms with Crippen molar-refractivity contribution in [3.05, 3.63) is 29.8 Å². The fourth-order valence-corrected chi connectivity index (χ4v) is 2.66. The first-order valence-electron chi connectivity index (χ1n) is 7.27. The Balaban J connectivity index is 2.05. The third-order valence-electron chi connectivity index (χ3n) is 3.99. The number of amides is 2. The Morgan fingerprint density at radius 3 is 2.36 bits per heavy atom. The van der Waals surface area contributed by atoms with E-state index in [9.17, 15) is 9.59 Å². The van der Waals surface area contributed by atoms with Gasteiger partial charge in [0.15, 0.2) is 5.79 Å². The third kappa shape index (κ3) is 3.64. The van der Waals surface area contributed by atoms with Crippen LogP contribution in [0.15, 0.2) is 24.3 Å². The molecule has 22 heavy (non-hydrogen) atoms. The van der Waals surface area contributed by atoms with E-state index in [1.54, 1.807) is 43.4 Å². The number of anilines is 1. The second-order valence-electron chi connectivity index (χ2n) is 5.37. The van der Waals surface area contributed by atoms with Crippen molar-refractivity contribution in [1.82, 2.24) is 4.90 Å². The number of carbonyl (C=O) groups excluding carboxylic acids is 2. The second-order valence-corrected chi connectivity index (χ2v) is 5.37. The molecule has 1 saturated heterocycles. The molecule has 2 rings (SSSR count). The predicted molar refractivity (Wildman–Crippen MR) is 82.6 cm³/mol. The van der Waals surface area contributed by atoms with Crippen LogP contribution in [-0.4, -0.2) is 49.8 Å².